The van der Waals surface area contributed by atoms with Gasteiger partial charge in [-0.3, -0.25) is 0 Å². The van der Waals surface area contributed by atoms with Gasteiger partial charge in [-0.2, -0.15) is 0 Å². The summed E-state index contributed by atoms with van der Waals surface area (Å²) in [6.45, 7) is 0. The molecule has 1 aliphatic rings. The fourth-order valence-electron chi connectivity index (χ4n) is 9.53. The van der Waals surface area contributed by atoms with Crippen molar-refractivity contribution in [3.8, 4) is 45.1 Å². The summed E-state index contributed by atoms with van der Waals surface area (Å²) in [4.78, 5) is 17.7. The van der Waals surface area contributed by atoms with E-state index in [9.17, 15) is 0 Å². The lowest BCUT2D eigenvalue weighted by molar-refractivity contribution is 0.620. The third kappa shape index (κ3) is 6.05. The van der Waals surface area contributed by atoms with Crippen molar-refractivity contribution < 1.29 is 4.42 Å². The molecule has 1 aliphatic carbocycles. The Kier molecular flexibility index (Phi) is 8.64. The normalized spacial score (nSPS) is 12.6. The second-order valence-corrected chi connectivity index (χ2v) is 16.0. The van der Waals surface area contributed by atoms with Crippen molar-refractivity contribution in [2.24, 2.45) is 0 Å². The van der Waals surface area contributed by atoms with Gasteiger partial charge in [-0.05, 0) is 112 Å². The van der Waals surface area contributed by atoms with Crippen LogP contribution in [-0.4, -0.2) is 15.0 Å². The highest BCUT2D eigenvalue weighted by Gasteiger charge is 2.46. The Morgan fingerprint density at radius 2 is 0.825 bits per heavy atom. The van der Waals surface area contributed by atoms with Gasteiger partial charge in [-0.25, -0.2) is 15.0 Å². The van der Waals surface area contributed by atoms with Gasteiger partial charge in [-0.15, -0.1) is 0 Å². The molecule has 63 heavy (non-hydrogen) atoms. The average Bonchev–Trinajstić information content (AvgIpc) is 3.93. The summed E-state index contributed by atoms with van der Waals surface area (Å²) < 4.78 is 6.16. The van der Waals surface area contributed by atoms with E-state index in [1.807, 2.05) is 54.6 Å². The van der Waals surface area contributed by atoms with E-state index >= 15 is 0 Å². The van der Waals surface area contributed by atoms with E-state index in [1.165, 1.54) is 33.4 Å². The fourth-order valence-corrected chi connectivity index (χ4v) is 9.53. The standard InChI is InChI=1S/C58H38N4O/c1-5-17-39(18-6-1)55-56(60-52-26-14-13-25-51(52)59-55)41-31-35-47-48-36-34-46(38-50(48)58(49(47)37-41,42-19-7-2-8-20-42)43-21-9-3-10-22-43)62(44-23-11-4-12-24-44)45-32-29-40(30-33-45)57-61-53-27-15-16-28-54(53)63-57/h1-38H. The molecule has 0 atom stereocenters. The lowest BCUT2D eigenvalue weighted by Crippen LogP contribution is -2.28. The minimum Gasteiger partial charge on any atom is -0.436 e. The van der Waals surface area contributed by atoms with Crippen molar-refractivity contribution in [3.63, 3.8) is 0 Å². The minimum atomic E-state index is -0.671. The third-order valence-corrected chi connectivity index (χ3v) is 12.4. The van der Waals surface area contributed by atoms with Crippen molar-refractivity contribution in [2.45, 2.75) is 5.41 Å². The molecule has 0 bridgehead atoms. The Hall–Kier alpha value is -8.41. The second-order valence-electron chi connectivity index (χ2n) is 16.0. The highest BCUT2D eigenvalue weighted by Crippen LogP contribution is 2.58. The van der Waals surface area contributed by atoms with Crippen LogP contribution < -0.4 is 4.90 Å². The summed E-state index contributed by atoms with van der Waals surface area (Å²) in [5.74, 6) is 0.602. The van der Waals surface area contributed by atoms with E-state index in [2.05, 4.69) is 181 Å². The number of aromatic nitrogens is 3. The maximum Gasteiger partial charge on any atom is 0.227 e. The van der Waals surface area contributed by atoms with E-state index in [-0.39, 0.29) is 0 Å². The molecule has 2 aromatic heterocycles. The van der Waals surface area contributed by atoms with Crippen LogP contribution in [0.15, 0.2) is 235 Å². The van der Waals surface area contributed by atoms with Crippen LogP contribution in [0.4, 0.5) is 17.1 Å². The van der Waals surface area contributed by atoms with Gasteiger partial charge < -0.3 is 9.32 Å². The average molecular weight is 807 g/mol. The van der Waals surface area contributed by atoms with E-state index in [1.54, 1.807) is 0 Å². The molecule has 5 heteroatoms. The monoisotopic (exact) mass is 806 g/mol. The molecule has 5 nitrogen and oxygen atoms in total. The molecule has 0 fully saturated rings. The Balaban J connectivity index is 1.07. The van der Waals surface area contributed by atoms with Gasteiger partial charge >= 0.3 is 0 Å². The second kappa shape index (κ2) is 14.9. The summed E-state index contributed by atoms with van der Waals surface area (Å²) in [5.41, 5.74) is 17.6. The first kappa shape index (κ1) is 36.4. The molecular weight excluding hydrogens is 769 g/mol. The number of anilines is 3. The van der Waals surface area contributed by atoms with E-state index < -0.39 is 5.41 Å². The van der Waals surface area contributed by atoms with Crippen molar-refractivity contribution in [2.75, 3.05) is 4.90 Å². The van der Waals surface area contributed by atoms with Crippen molar-refractivity contribution in [1.29, 1.82) is 0 Å². The first-order valence-electron chi connectivity index (χ1n) is 21.3. The molecule has 0 unspecified atom stereocenters. The van der Waals surface area contributed by atoms with Crippen LogP contribution in [0.5, 0.6) is 0 Å². The smallest absolute Gasteiger partial charge is 0.227 e. The maximum atomic E-state index is 6.16. The number of hydrogen-bond acceptors (Lipinski definition) is 5. The quantitative estimate of drug-likeness (QED) is 0.153. The van der Waals surface area contributed by atoms with Crippen LogP contribution in [0.2, 0.25) is 0 Å². The van der Waals surface area contributed by atoms with E-state index in [0.717, 1.165) is 67.3 Å². The molecule has 0 aliphatic heterocycles. The lowest BCUT2D eigenvalue weighted by atomic mass is 9.67. The maximum absolute atomic E-state index is 6.16. The molecule has 296 valence electrons. The zero-order valence-electron chi connectivity index (χ0n) is 34.1. The summed E-state index contributed by atoms with van der Waals surface area (Å²) in [7, 11) is 0. The fraction of sp³-hybridized carbons (Fsp3) is 0.0172. The topological polar surface area (TPSA) is 55.1 Å². The van der Waals surface area contributed by atoms with Gasteiger partial charge in [0.1, 0.15) is 5.52 Å². The van der Waals surface area contributed by atoms with Crippen molar-refractivity contribution >= 4 is 39.2 Å². The number of nitrogens with zero attached hydrogens (tertiary/aromatic N) is 4. The highest BCUT2D eigenvalue weighted by atomic mass is 16.3. The van der Waals surface area contributed by atoms with Crippen LogP contribution in [-0.2, 0) is 5.41 Å². The zero-order valence-corrected chi connectivity index (χ0v) is 34.1. The highest BCUT2D eigenvalue weighted by molar-refractivity contribution is 5.93. The predicted octanol–water partition coefficient (Wildman–Crippen LogP) is 14.6. The van der Waals surface area contributed by atoms with Gasteiger partial charge in [0.2, 0.25) is 5.89 Å². The predicted molar refractivity (Wildman–Crippen MR) is 255 cm³/mol. The molecule has 0 saturated carbocycles. The van der Waals surface area contributed by atoms with E-state index in [4.69, 9.17) is 19.4 Å². The number of benzene rings is 9. The molecule has 2 heterocycles. The Morgan fingerprint density at radius 1 is 0.349 bits per heavy atom. The van der Waals surface area contributed by atoms with Crippen LogP contribution in [0, 0.1) is 0 Å². The third-order valence-electron chi connectivity index (χ3n) is 12.4. The van der Waals surface area contributed by atoms with Gasteiger partial charge in [-0.1, -0.05) is 152 Å². The van der Waals surface area contributed by atoms with Crippen molar-refractivity contribution in [3.05, 3.63) is 253 Å². The minimum absolute atomic E-state index is 0.602. The van der Waals surface area contributed by atoms with Gasteiger partial charge in [0.25, 0.3) is 0 Å². The SMILES string of the molecule is c1ccc(-c2nc3ccccc3nc2-c2ccc3c(c2)C(c2ccccc2)(c2ccccc2)c2cc(N(c4ccccc4)c4ccc(-c5nc6ccccc6o5)cc4)ccc2-3)cc1. The summed E-state index contributed by atoms with van der Waals surface area (Å²) in [6, 6.07) is 81.3. The molecule has 11 aromatic rings. The zero-order chi connectivity index (χ0) is 41.7. The summed E-state index contributed by atoms with van der Waals surface area (Å²) in [5, 5.41) is 0. The van der Waals surface area contributed by atoms with Gasteiger partial charge in [0.15, 0.2) is 5.58 Å². The van der Waals surface area contributed by atoms with E-state index in [0.29, 0.717) is 5.89 Å². The number of hydrogen-bond donors (Lipinski definition) is 0. The molecule has 0 spiro atoms. The summed E-state index contributed by atoms with van der Waals surface area (Å²) in [6.07, 6.45) is 0. The summed E-state index contributed by atoms with van der Waals surface area (Å²) >= 11 is 0. The molecule has 0 saturated heterocycles. The number of fused-ring (bicyclic) bond motifs is 5. The molecule has 0 N–H and O–H groups in total. The van der Waals surface area contributed by atoms with Crippen LogP contribution in [0.3, 0.4) is 0 Å². The number of oxazole rings is 1. The lowest BCUT2D eigenvalue weighted by Gasteiger charge is -2.35. The first-order valence-corrected chi connectivity index (χ1v) is 21.3. The molecule has 0 amide bonds. The molecule has 9 aromatic carbocycles. The van der Waals surface area contributed by atoms with Crippen LogP contribution in [0.25, 0.3) is 67.2 Å². The first-order chi connectivity index (χ1) is 31.2. The molecule has 0 radical (unpaired) electrons. The Labute approximate surface area is 365 Å². The van der Waals surface area contributed by atoms with Crippen LogP contribution in [0.1, 0.15) is 22.3 Å². The van der Waals surface area contributed by atoms with Gasteiger partial charge in [0, 0.05) is 33.8 Å². The number of para-hydroxylation sites is 5. The molecular formula is C58H38N4O. The number of rotatable bonds is 8. The largest absolute Gasteiger partial charge is 0.436 e. The Morgan fingerprint density at radius 3 is 1.46 bits per heavy atom. The van der Waals surface area contributed by atoms with Crippen LogP contribution >= 0.6 is 0 Å². The van der Waals surface area contributed by atoms with Gasteiger partial charge in [0.05, 0.1) is 27.8 Å². The van der Waals surface area contributed by atoms with Crippen molar-refractivity contribution in [1.82, 2.24) is 15.0 Å². The molecule has 12 rings (SSSR count). The Bertz CT molecular complexity index is 3370.